The van der Waals surface area contributed by atoms with Crippen LogP contribution >= 0.6 is 0 Å². The van der Waals surface area contributed by atoms with E-state index in [1.807, 2.05) is 30.3 Å². The predicted octanol–water partition coefficient (Wildman–Crippen LogP) is 3.46. The van der Waals surface area contributed by atoms with Gasteiger partial charge in [-0.1, -0.05) is 41.6 Å². The summed E-state index contributed by atoms with van der Waals surface area (Å²) >= 11 is 0. The summed E-state index contributed by atoms with van der Waals surface area (Å²) in [5.41, 5.74) is 1.54. The van der Waals surface area contributed by atoms with Crippen LogP contribution in [0.25, 0.3) is 11.1 Å². The van der Waals surface area contributed by atoms with Crippen LogP contribution in [0.2, 0.25) is 0 Å². The molecule has 3 aromatic rings. The van der Waals surface area contributed by atoms with Crippen molar-refractivity contribution in [3.05, 3.63) is 65.5 Å². The minimum atomic E-state index is -4.06. The first kappa shape index (κ1) is 17.7. The molecule has 0 aliphatic rings. The number of benzene rings is 2. The number of carbonyl (C=O) groups is 1. The number of carboxylic acid groups (broad SMARTS) is 1. The number of sulfonamides is 1. The van der Waals surface area contributed by atoms with Crippen LogP contribution in [0.5, 0.6) is 0 Å². The Balaban J connectivity index is 2.10. The van der Waals surface area contributed by atoms with Crippen molar-refractivity contribution in [2.24, 2.45) is 0 Å². The Hall–Kier alpha value is -3.13. The van der Waals surface area contributed by atoms with Gasteiger partial charge in [-0.3, -0.25) is 4.72 Å². The summed E-state index contributed by atoms with van der Waals surface area (Å²) in [6.07, 6.45) is 0. The molecule has 2 aromatic carbocycles. The molecule has 0 saturated carbocycles. The van der Waals surface area contributed by atoms with Gasteiger partial charge in [-0.05, 0) is 37.1 Å². The standard InChI is InChI=1S/C18H16N2O5S/c1-11-17(12(2)25-19-11)26(23,24)20-16-10-14(8-9-15(16)18(21)22)13-6-4-3-5-7-13/h3-10,20H,1-2H3,(H,21,22). The molecule has 0 amide bonds. The van der Waals surface area contributed by atoms with Crippen molar-refractivity contribution in [1.29, 1.82) is 0 Å². The maximum Gasteiger partial charge on any atom is 0.337 e. The van der Waals surface area contributed by atoms with Crippen LogP contribution < -0.4 is 4.72 Å². The molecule has 0 atom stereocenters. The zero-order valence-electron chi connectivity index (χ0n) is 14.1. The van der Waals surface area contributed by atoms with E-state index in [0.29, 0.717) is 5.56 Å². The fraction of sp³-hybridized carbons (Fsp3) is 0.111. The third kappa shape index (κ3) is 3.31. The van der Waals surface area contributed by atoms with E-state index in [1.165, 1.54) is 26.0 Å². The Morgan fingerprint density at radius 3 is 2.35 bits per heavy atom. The number of aromatic carboxylic acids is 1. The number of aromatic nitrogens is 1. The Kier molecular flexibility index (Phi) is 4.52. The molecular formula is C18H16N2O5S. The molecule has 0 saturated heterocycles. The molecule has 0 fully saturated rings. The van der Waals surface area contributed by atoms with Gasteiger partial charge in [0, 0.05) is 0 Å². The molecule has 0 unspecified atom stereocenters. The second-order valence-electron chi connectivity index (χ2n) is 5.69. The van der Waals surface area contributed by atoms with Gasteiger partial charge in [-0.2, -0.15) is 0 Å². The Morgan fingerprint density at radius 1 is 1.08 bits per heavy atom. The van der Waals surface area contributed by atoms with Gasteiger partial charge in [0.25, 0.3) is 10.0 Å². The third-order valence-electron chi connectivity index (χ3n) is 3.84. The van der Waals surface area contributed by atoms with E-state index in [0.717, 1.165) is 5.56 Å². The average Bonchev–Trinajstić information content (AvgIpc) is 2.94. The Bertz CT molecular complexity index is 1050. The summed E-state index contributed by atoms with van der Waals surface area (Å²) < 4.78 is 32.7. The molecule has 8 heteroatoms. The van der Waals surface area contributed by atoms with Crippen molar-refractivity contribution in [2.75, 3.05) is 4.72 Å². The van der Waals surface area contributed by atoms with Crippen molar-refractivity contribution in [3.63, 3.8) is 0 Å². The molecule has 26 heavy (non-hydrogen) atoms. The van der Waals surface area contributed by atoms with Crippen molar-refractivity contribution in [3.8, 4) is 11.1 Å². The predicted molar refractivity (Wildman–Crippen MR) is 95.6 cm³/mol. The number of aryl methyl sites for hydroxylation is 2. The minimum absolute atomic E-state index is 0.0288. The van der Waals surface area contributed by atoms with Gasteiger partial charge in [0.2, 0.25) is 0 Å². The highest BCUT2D eigenvalue weighted by atomic mass is 32.2. The van der Waals surface area contributed by atoms with Crippen molar-refractivity contribution < 1.29 is 22.8 Å². The molecule has 0 aliphatic carbocycles. The highest BCUT2D eigenvalue weighted by Crippen LogP contribution is 2.29. The number of nitrogens with one attached hydrogen (secondary N) is 1. The van der Waals surface area contributed by atoms with Crippen LogP contribution in [0.4, 0.5) is 5.69 Å². The first-order valence-electron chi connectivity index (χ1n) is 7.68. The summed E-state index contributed by atoms with van der Waals surface area (Å²) in [5.74, 6) is -1.10. The number of carboxylic acids is 1. The third-order valence-corrected chi connectivity index (χ3v) is 5.45. The average molecular weight is 372 g/mol. The molecule has 7 nitrogen and oxygen atoms in total. The van der Waals surface area contributed by atoms with Crippen LogP contribution in [0.1, 0.15) is 21.8 Å². The second kappa shape index (κ2) is 6.64. The van der Waals surface area contributed by atoms with Gasteiger partial charge in [0.15, 0.2) is 10.7 Å². The fourth-order valence-electron chi connectivity index (χ4n) is 2.68. The van der Waals surface area contributed by atoms with Crippen LogP contribution in [0.3, 0.4) is 0 Å². The van der Waals surface area contributed by atoms with Crippen LogP contribution in [0, 0.1) is 13.8 Å². The zero-order valence-corrected chi connectivity index (χ0v) is 14.9. The van der Waals surface area contributed by atoms with Crippen LogP contribution in [-0.2, 0) is 10.0 Å². The van der Waals surface area contributed by atoms with E-state index in [2.05, 4.69) is 9.88 Å². The first-order valence-corrected chi connectivity index (χ1v) is 9.16. The van der Waals surface area contributed by atoms with E-state index in [1.54, 1.807) is 6.07 Å². The van der Waals surface area contributed by atoms with E-state index in [-0.39, 0.29) is 27.6 Å². The van der Waals surface area contributed by atoms with Gasteiger partial charge in [0.1, 0.15) is 5.69 Å². The first-order chi connectivity index (χ1) is 12.3. The van der Waals surface area contributed by atoms with Gasteiger partial charge in [-0.15, -0.1) is 0 Å². The van der Waals surface area contributed by atoms with E-state index in [4.69, 9.17) is 4.52 Å². The van der Waals surface area contributed by atoms with Crippen molar-refractivity contribution >= 4 is 21.7 Å². The number of rotatable bonds is 5. The van der Waals surface area contributed by atoms with Crippen molar-refractivity contribution in [2.45, 2.75) is 18.7 Å². The fourth-order valence-corrected chi connectivity index (χ4v) is 4.08. The number of hydrogen-bond acceptors (Lipinski definition) is 5. The number of anilines is 1. The topological polar surface area (TPSA) is 110 Å². The monoisotopic (exact) mass is 372 g/mol. The van der Waals surface area contributed by atoms with Crippen LogP contribution in [-0.4, -0.2) is 24.7 Å². The molecule has 0 spiro atoms. The van der Waals surface area contributed by atoms with E-state index < -0.39 is 16.0 Å². The minimum Gasteiger partial charge on any atom is -0.478 e. The normalized spacial score (nSPS) is 11.3. The highest BCUT2D eigenvalue weighted by molar-refractivity contribution is 7.92. The SMILES string of the molecule is Cc1noc(C)c1S(=O)(=O)Nc1cc(-c2ccccc2)ccc1C(=O)O. The lowest BCUT2D eigenvalue weighted by Crippen LogP contribution is -2.17. The highest BCUT2D eigenvalue weighted by Gasteiger charge is 2.26. The zero-order chi connectivity index (χ0) is 18.9. The summed E-state index contributed by atoms with van der Waals surface area (Å²) in [7, 11) is -4.06. The van der Waals surface area contributed by atoms with Gasteiger partial charge in [-0.25, -0.2) is 13.2 Å². The molecule has 0 radical (unpaired) electrons. The Morgan fingerprint density at radius 2 is 1.77 bits per heavy atom. The molecule has 1 aromatic heterocycles. The summed E-state index contributed by atoms with van der Waals surface area (Å²) in [6.45, 7) is 2.98. The molecule has 0 aliphatic heterocycles. The summed E-state index contributed by atoms with van der Waals surface area (Å²) in [6, 6.07) is 13.7. The number of nitrogens with zero attached hydrogens (tertiary/aromatic N) is 1. The molecule has 3 rings (SSSR count). The van der Waals surface area contributed by atoms with Gasteiger partial charge >= 0.3 is 5.97 Å². The van der Waals surface area contributed by atoms with Gasteiger partial charge < -0.3 is 9.63 Å². The van der Waals surface area contributed by atoms with Crippen LogP contribution in [0.15, 0.2) is 57.9 Å². The molecule has 2 N–H and O–H groups in total. The molecule has 1 heterocycles. The molecule has 134 valence electrons. The Labute approximate surface area is 150 Å². The lowest BCUT2D eigenvalue weighted by atomic mass is 10.0. The van der Waals surface area contributed by atoms with Gasteiger partial charge in [0.05, 0.1) is 11.3 Å². The lowest BCUT2D eigenvalue weighted by Gasteiger charge is -2.12. The smallest absolute Gasteiger partial charge is 0.337 e. The lowest BCUT2D eigenvalue weighted by molar-refractivity contribution is 0.0698. The molecular weight excluding hydrogens is 356 g/mol. The van der Waals surface area contributed by atoms with Crippen molar-refractivity contribution in [1.82, 2.24) is 5.16 Å². The summed E-state index contributed by atoms with van der Waals surface area (Å²) in [4.78, 5) is 11.4. The summed E-state index contributed by atoms with van der Waals surface area (Å²) in [5, 5.41) is 13.0. The largest absolute Gasteiger partial charge is 0.478 e. The number of hydrogen-bond donors (Lipinski definition) is 2. The van der Waals surface area contributed by atoms with E-state index >= 15 is 0 Å². The maximum atomic E-state index is 12.7. The molecule has 0 bridgehead atoms. The second-order valence-corrected chi connectivity index (χ2v) is 7.31. The maximum absolute atomic E-state index is 12.7. The quantitative estimate of drug-likeness (QED) is 0.710. The van der Waals surface area contributed by atoms with E-state index in [9.17, 15) is 18.3 Å².